The third kappa shape index (κ3) is 3.27. The average molecular weight is 297 g/mol. The number of hydrogen-bond donors (Lipinski definition) is 2. The summed E-state index contributed by atoms with van der Waals surface area (Å²) >= 11 is 0. The molecule has 0 bridgehead atoms. The van der Waals surface area contributed by atoms with Gasteiger partial charge in [0.05, 0.1) is 11.2 Å². The van der Waals surface area contributed by atoms with Crippen molar-refractivity contribution >= 4 is 10.0 Å². The Hall–Kier alpha value is -1.64. The molecule has 20 heavy (non-hydrogen) atoms. The lowest BCUT2D eigenvalue weighted by Gasteiger charge is -2.13. The smallest absolute Gasteiger partial charge is 0.242 e. The molecule has 1 atom stereocenters. The summed E-state index contributed by atoms with van der Waals surface area (Å²) in [6, 6.07) is 1.35. The molecule has 110 valence electrons. The Labute approximate surface area is 118 Å². The summed E-state index contributed by atoms with van der Waals surface area (Å²) in [6.45, 7) is 2.64. The minimum absolute atomic E-state index is 0.234. The lowest BCUT2D eigenvalue weighted by molar-refractivity contribution is 0.520. The van der Waals surface area contributed by atoms with Crippen molar-refractivity contribution in [2.45, 2.75) is 31.0 Å². The molecule has 1 unspecified atom stereocenters. The first-order valence-corrected chi connectivity index (χ1v) is 7.74. The lowest BCUT2D eigenvalue weighted by atomic mass is 10.4. The molecular formula is C12H19N5O2S. The minimum atomic E-state index is -3.53. The number of aromatic nitrogens is 3. The highest BCUT2D eigenvalue weighted by Gasteiger charge is 2.19. The number of hydrogen-bond acceptors (Lipinski definition) is 4. The van der Waals surface area contributed by atoms with Gasteiger partial charge in [0.1, 0.15) is 0 Å². The summed E-state index contributed by atoms with van der Waals surface area (Å²) in [5.74, 6) is 0. The molecule has 0 aliphatic heterocycles. The first kappa shape index (κ1) is 14.8. The van der Waals surface area contributed by atoms with Crippen LogP contribution in [0.4, 0.5) is 0 Å². The van der Waals surface area contributed by atoms with Crippen LogP contribution in [0.2, 0.25) is 0 Å². The summed E-state index contributed by atoms with van der Waals surface area (Å²) in [5.41, 5.74) is 6.32. The maximum absolute atomic E-state index is 12.3. The summed E-state index contributed by atoms with van der Waals surface area (Å²) in [6.07, 6.45) is 6.67. The van der Waals surface area contributed by atoms with Gasteiger partial charge in [0.15, 0.2) is 0 Å². The van der Waals surface area contributed by atoms with E-state index < -0.39 is 10.0 Å². The van der Waals surface area contributed by atoms with E-state index in [1.54, 1.807) is 42.6 Å². The van der Waals surface area contributed by atoms with E-state index in [0.29, 0.717) is 13.1 Å². The molecule has 0 radical (unpaired) electrons. The molecule has 0 aliphatic carbocycles. The van der Waals surface area contributed by atoms with E-state index in [2.05, 4.69) is 9.71 Å². The molecule has 7 nitrogen and oxygen atoms in total. The van der Waals surface area contributed by atoms with Gasteiger partial charge in [0.25, 0.3) is 0 Å². The van der Waals surface area contributed by atoms with E-state index in [9.17, 15) is 8.42 Å². The second-order valence-electron chi connectivity index (χ2n) is 4.76. The summed E-state index contributed by atoms with van der Waals surface area (Å²) < 4.78 is 30.7. The predicted molar refractivity (Wildman–Crippen MR) is 75.3 cm³/mol. The van der Waals surface area contributed by atoms with E-state index in [1.807, 2.05) is 11.5 Å². The summed E-state index contributed by atoms with van der Waals surface area (Å²) in [5, 5.41) is 0. The molecule has 2 aromatic rings. The quantitative estimate of drug-likeness (QED) is 0.787. The molecule has 0 saturated carbocycles. The molecule has 0 spiro atoms. The van der Waals surface area contributed by atoms with E-state index in [0.717, 1.165) is 5.69 Å². The van der Waals surface area contributed by atoms with E-state index in [4.69, 9.17) is 5.73 Å². The van der Waals surface area contributed by atoms with Crippen molar-refractivity contribution in [2.24, 2.45) is 12.8 Å². The number of nitrogens with zero attached hydrogens (tertiary/aromatic N) is 3. The van der Waals surface area contributed by atoms with Crippen LogP contribution in [0.5, 0.6) is 0 Å². The van der Waals surface area contributed by atoms with Crippen LogP contribution in [0.3, 0.4) is 0 Å². The van der Waals surface area contributed by atoms with E-state index >= 15 is 0 Å². The summed E-state index contributed by atoms with van der Waals surface area (Å²) in [4.78, 5) is 4.16. The number of sulfonamides is 1. The zero-order valence-electron chi connectivity index (χ0n) is 11.5. The van der Waals surface area contributed by atoms with Gasteiger partial charge < -0.3 is 14.9 Å². The monoisotopic (exact) mass is 297 g/mol. The molecule has 0 amide bonds. The van der Waals surface area contributed by atoms with E-state index in [-0.39, 0.29) is 10.9 Å². The zero-order valence-corrected chi connectivity index (χ0v) is 12.3. The van der Waals surface area contributed by atoms with Gasteiger partial charge in [-0.2, -0.15) is 0 Å². The van der Waals surface area contributed by atoms with Gasteiger partial charge in [0.2, 0.25) is 10.0 Å². The number of rotatable bonds is 6. The third-order valence-electron chi connectivity index (χ3n) is 3.00. The van der Waals surface area contributed by atoms with Gasteiger partial charge in [-0.25, -0.2) is 18.1 Å². The van der Waals surface area contributed by atoms with Crippen molar-refractivity contribution in [3.05, 3.63) is 36.7 Å². The molecular weight excluding hydrogens is 278 g/mol. The molecule has 2 heterocycles. The van der Waals surface area contributed by atoms with Crippen LogP contribution < -0.4 is 10.5 Å². The van der Waals surface area contributed by atoms with Crippen LogP contribution in [0.25, 0.3) is 0 Å². The number of imidazole rings is 1. The van der Waals surface area contributed by atoms with Crippen LogP contribution in [0.1, 0.15) is 12.6 Å². The zero-order chi connectivity index (χ0) is 14.8. The Morgan fingerprint density at radius 2 is 2.25 bits per heavy atom. The van der Waals surface area contributed by atoms with Gasteiger partial charge in [-0.15, -0.1) is 0 Å². The largest absolute Gasteiger partial charge is 0.352 e. The van der Waals surface area contributed by atoms with Crippen LogP contribution in [0, 0.1) is 0 Å². The highest BCUT2D eigenvalue weighted by atomic mass is 32.2. The Morgan fingerprint density at radius 3 is 2.80 bits per heavy atom. The van der Waals surface area contributed by atoms with Crippen molar-refractivity contribution < 1.29 is 8.42 Å². The summed E-state index contributed by atoms with van der Waals surface area (Å²) in [7, 11) is -1.76. The molecule has 0 aromatic carbocycles. The van der Waals surface area contributed by atoms with Crippen LogP contribution >= 0.6 is 0 Å². The number of nitrogens with one attached hydrogen (secondary N) is 1. The van der Waals surface area contributed by atoms with Crippen molar-refractivity contribution in [2.75, 3.05) is 0 Å². The molecule has 0 aliphatic rings. The fraction of sp³-hybridized carbons (Fsp3) is 0.417. The lowest BCUT2D eigenvalue weighted by Crippen LogP contribution is -2.35. The normalized spacial score (nSPS) is 13.6. The number of aryl methyl sites for hydroxylation is 1. The standard InChI is InChI=1S/C12H19N5O2S/c1-10(7-17-4-3-14-9-17)15-20(18,19)12-5-11(6-13)16(2)8-12/h3-5,8-10,15H,6-7,13H2,1-2H3. The Kier molecular flexibility index (Phi) is 4.26. The average Bonchev–Trinajstić information content (AvgIpc) is 2.97. The van der Waals surface area contributed by atoms with Crippen molar-refractivity contribution in [3.8, 4) is 0 Å². The van der Waals surface area contributed by atoms with Crippen LogP contribution in [-0.4, -0.2) is 28.6 Å². The SMILES string of the molecule is CC(Cn1ccnc1)NS(=O)(=O)c1cc(CN)n(C)c1. The van der Waals surface area contributed by atoms with Gasteiger partial charge in [0, 0.05) is 50.5 Å². The van der Waals surface area contributed by atoms with Crippen LogP contribution in [-0.2, 0) is 30.2 Å². The second-order valence-corrected chi connectivity index (χ2v) is 6.48. The highest BCUT2D eigenvalue weighted by molar-refractivity contribution is 7.89. The van der Waals surface area contributed by atoms with Crippen molar-refractivity contribution in [1.82, 2.24) is 18.8 Å². The van der Waals surface area contributed by atoms with Crippen molar-refractivity contribution in [3.63, 3.8) is 0 Å². The highest BCUT2D eigenvalue weighted by Crippen LogP contribution is 2.13. The minimum Gasteiger partial charge on any atom is -0.352 e. The van der Waals surface area contributed by atoms with Gasteiger partial charge in [-0.1, -0.05) is 0 Å². The molecule has 2 rings (SSSR count). The third-order valence-corrected chi connectivity index (χ3v) is 4.56. The Balaban J connectivity index is 2.10. The molecule has 8 heteroatoms. The maximum Gasteiger partial charge on any atom is 0.242 e. The fourth-order valence-corrected chi connectivity index (χ4v) is 3.34. The second kappa shape index (κ2) is 5.78. The maximum atomic E-state index is 12.3. The topological polar surface area (TPSA) is 94.9 Å². The molecule has 0 saturated heterocycles. The molecule has 3 N–H and O–H groups in total. The first-order valence-electron chi connectivity index (χ1n) is 6.26. The van der Waals surface area contributed by atoms with Gasteiger partial charge >= 0.3 is 0 Å². The Bertz CT molecular complexity index is 660. The molecule has 0 fully saturated rings. The van der Waals surface area contributed by atoms with Gasteiger partial charge in [-0.05, 0) is 13.0 Å². The first-order chi connectivity index (χ1) is 9.42. The number of nitrogens with two attached hydrogens (primary N) is 1. The predicted octanol–water partition coefficient (Wildman–Crippen LogP) is 0.0473. The Morgan fingerprint density at radius 1 is 1.50 bits per heavy atom. The molecule has 2 aromatic heterocycles. The van der Waals surface area contributed by atoms with Gasteiger partial charge in [-0.3, -0.25) is 0 Å². The van der Waals surface area contributed by atoms with E-state index in [1.165, 1.54) is 0 Å². The fourth-order valence-electron chi connectivity index (χ4n) is 2.01. The van der Waals surface area contributed by atoms with Crippen molar-refractivity contribution in [1.29, 1.82) is 0 Å². The van der Waals surface area contributed by atoms with Crippen LogP contribution in [0.15, 0.2) is 35.9 Å².